The van der Waals surface area contributed by atoms with E-state index < -0.39 is 33.7 Å². The summed E-state index contributed by atoms with van der Waals surface area (Å²) < 4.78 is 26.9. The molecule has 0 bridgehead atoms. The molecule has 0 aromatic rings. The number of hydrogen-bond donors (Lipinski definition) is 2. The molecule has 2 unspecified atom stereocenters. The second kappa shape index (κ2) is 14.5. The van der Waals surface area contributed by atoms with Crippen LogP contribution in [0.3, 0.4) is 0 Å². The number of hydrogen-bond acceptors (Lipinski definition) is 4. The monoisotopic (exact) mass is 594 g/mol. The lowest BCUT2D eigenvalue weighted by molar-refractivity contribution is -0.147. The van der Waals surface area contributed by atoms with Gasteiger partial charge >= 0.3 is 5.97 Å². The number of carboxylic acid groups (broad SMARTS) is 1. The van der Waals surface area contributed by atoms with Crippen LogP contribution in [-0.2, 0) is 27.1 Å². The van der Waals surface area contributed by atoms with Crippen LogP contribution in [0.25, 0.3) is 0 Å². The van der Waals surface area contributed by atoms with Crippen LogP contribution in [0.5, 0.6) is 0 Å². The number of carboxylic acids is 1. The van der Waals surface area contributed by atoms with Crippen LogP contribution >= 0.6 is 0 Å². The summed E-state index contributed by atoms with van der Waals surface area (Å²) in [5.74, 6) is -0.776. The quantitative estimate of drug-likeness (QED) is 0.138. The Morgan fingerprint density at radius 1 is 0.700 bits per heavy atom. The van der Waals surface area contributed by atoms with Crippen molar-refractivity contribution in [3.8, 4) is 0 Å². The molecule has 0 amide bonds. The summed E-state index contributed by atoms with van der Waals surface area (Å²) in [4.78, 5) is 15.3. The van der Waals surface area contributed by atoms with Gasteiger partial charge in [0.1, 0.15) is 19.6 Å². The molecule has 0 saturated carbocycles. The fourth-order valence-corrected chi connectivity index (χ4v) is 8.98. The van der Waals surface area contributed by atoms with Gasteiger partial charge in [-0.3, -0.25) is 4.79 Å². The van der Waals surface area contributed by atoms with Crippen LogP contribution in [0.2, 0.25) is 0 Å². The van der Waals surface area contributed by atoms with Gasteiger partial charge in [-0.2, -0.15) is 0 Å². The van der Waals surface area contributed by atoms with Crippen LogP contribution in [0, 0.1) is 21.7 Å². The molecule has 2 atom stereocenters. The molecule has 5 nitrogen and oxygen atoms in total. The van der Waals surface area contributed by atoms with Gasteiger partial charge in [0.15, 0.2) is 0 Å². The molecule has 0 spiro atoms. The Morgan fingerprint density at radius 3 is 1.40 bits per heavy atom. The molecule has 0 saturated heterocycles. The summed E-state index contributed by atoms with van der Waals surface area (Å²) in [5, 5.41) is 18.9. The lowest BCUT2D eigenvalue weighted by Gasteiger charge is -2.29. The summed E-state index contributed by atoms with van der Waals surface area (Å²) in [6.45, 7) is 16.4. The maximum Gasteiger partial charge on any atom is 0.309 e. The molecule has 7 heteroatoms. The third kappa shape index (κ3) is 11.0. The van der Waals surface area contributed by atoms with Crippen molar-refractivity contribution in [3.05, 3.63) is 43.9 Å². The van der Waals surface area contributed by atoms with Crippen LogP contribution < -0.4 is 0 Å². The number of carbonyl (C=O) groups is 1. The molecule has 2 heterocycles. The number of rotatable bonds is 16. The highest BCUT2D eigenvalue weighted by Crippen LogP contribution is 2.41. The molecule has 40 heavy (non-hydrogen) atoms. The van der Waals surface area contributed by atoms with Crippen molar-refractivity contribution in [2.24, 2.45) is 21.7 Å². The van der Waals surface area contributed by atoms with Crippen molar-refractivity contribution in [1.82, 2.24) is 0 Å². The molecular formula is C33H54O5S2. The van der Waals surface area contributed by atoms with Crippen LogP contribution in [0.1, 0.15) is 126 Å². The highest BCUT2D eigenvalue weighted by atomic mass is 32.2. The number of aliphatic hydroxyl groups is 1. The minimum atomic E-state index is -1.17. The maximum atomic E-state index is 13.4. The van der Waals surface area contributed by atoms with E-state index in [9.17, 15) is 24.1 Å². The molecule has 0 radical (unpaired) electrons. The smallest absolute Gasteiger partial charge is 0.309 e. The van der Waals surface area contributed by atoms with Gasteiger partial charge in [-0.25, -0.2) is 0 Å². The Morgan fingerprint density at radius 2 is 1.05 bits per heavy atom. The van der Waals surface area contributed by atoms with Crippen molar-refractivity contribution < 1.29 is 24.1 Å². The number of unbranched alkanes of at least 4 members (excludes halogenated alkanes) is 2. The summed E-state index contributed by atoms with van der Waals surface area (Å²) in [5.41, 5.74) is -1.12. The molecule has 2 aliphatic rings. The topological polar surface area (TPSA) is 104 Å². The third-order valence-electron chi connectivity index (χ3n) is 7.94. The molecule has 2 rings (SSSR count). The lowest BCUT2D eigenvalue weighted by atomic mass is 9.87. The van der Waals surface area contributed by atoms with E-state index >= 15 is 0 Å². The molecule has 2 N–H and O–H groups in total. The van der Waals surface area contributed by atoms with Gasteiger partial charge < -0.3 is 19.3 Å². The van der Waals surface area contributed by atoms with Crippen LogP contribution in [0.4, 0.5) is 0 Å². The van der Waals surface area contributed by atoms with Gasteiger partial charge in [0.2, 0.25) is 0 Å². The average molecular weight is 595 g/mol. The zero-order chi connectivity index (χ0) is 30.4. The molecule has 0 aromatic heterocycles. The molecule has 0 fully saturated rings. The molecular weight excluding hydrogens is 540 g/mol. The fourth-order valence-electron chi connectivity index (χ4n) is 5.35. The van der Waals surface area contributed by atoms with Crippen molar-refractivity contribution >= 4 is 28.3 Å². The first-order chi connectivity index (χ1) is 18.4. The zero-order valence-corrected chi connectivity index (χ0v) is 27.9. The SMILES string of the molecule is CC1(C)C=C(CCCCC(C)(C)CO)[S+]([O-])C(CCCC2=CC(C)(C)C=C(CCCCC(C)(C)C(=O)O)[S+]2[O-])=C1. The Bertz CT molecular complexity index is 1000. The molecule has 0 aromatic carbocycles. The summed E-state index contributed by atoms with van der Waals surface area (Å²) >= 11 is -2.28. The highest BCUT2D eigenvalue weighted by molar-refractivity contribution is 7.99. The second-order valence-electron chi connectivity index (χ2n) is 14.4. The number of aliphatic hydroxyl groups excluding tert-OH is 1. The Kier molecular flexibility index (Phi) is 12.7. The van der Waals surface area contributed by atoms with E-state index in [0.29, 0.717) is 12.8 Å². The van der Waals surface area contributed by atoms with E-state index in [1.165, 1.54) is 0 Å². The minimum absolute atomic E-state index is 0.0702. The first-order valence-electron chi connectivity index (χ1n) is 14.9. The van der Waals surface area contributed by atoms with Crippen molar-refractivity contribution in [3.63, 3.8) is 0 Å². The van der Waals surface area contributed by atoms with E-state index in [1.807, 2.05) is 0 Å². The minimum Gasteiger partial charge on any atom is -0.607 e. The Labute approximate surface area is 250 Å². The van der Waals surface area contributed by atoms with Gasteiger partial charge in [-0.05, 0) is 75.7 Å². The number of allylic oxidation sites excluding steroid dienone is 8. The van der Waals surface area contributed by atoms with E-state index in [2.05, 4.69) is 65.8 Å². The van der Waals surface area contributed by atoms with Crippen LogP contribution in [0.15, 0.2) is 43.9 Å². The number of aliphatic carboxylic acids is 1. The largest absolute Gasteiger partial charge is 0.607 e. The first kappa shape index (κ1) is 35.2. The van der Waals surface area contributed by atoms with Gasteiger partial charge in [-0.1, -0.05) is 54.4 Å². The molecule has 2 aliphatic heterocycles. The molecule has 228 valence electrons. The maximum absolute atomic E-state index is 13.4. The van der Waals surface area contributed by atoms with Crippen LogP contribution in [-0.4, -0.2) is 31.9 Å². The fraction of sp³-hybridized carbons (Fsp3) is 0.727. The van der Waals surface area contributed by atoms with E-state index in [0.717, 1.165) is 77.4 Å². The van der Waals surface area contributed by atoms with E-state index in [1.54, 1.807) is 13.8 Å². The zero-order valence-electron chi connectivity index (χ0n) is 26.2. The first-order valence-corrected chi connectivity index (χ1v) is 17.2. The molecule has 0 aliphatic carbocycles. The van der Waals surface area contributed by atoms with E-state index in [-0.39, 0.29) is 22.9 Å². The second-order valence-corrected chi connectivity index (χ2v) is 17.6. The summed E-state index contributed by atoms with van der Waals surface area (Å²) in [7, 11) is 0. The predicted octanol–water partition coefficient (Wildman–Crippen LogP) is 8.52. The standard InChI is InChI=1S/C33H54O5S2/c1-30(2,24-34)18-11-9-14-25-20-31(3,4)22-27(39(25)37)16-13-17-28-23-32(5,6)21-26(40(28)38)15-10-12-19-33(7,8)29(35)36/h20-23,34H,9-19,24H2,1-8H3,(H,35,36). The summed E-state index contributed by atoms with van der Waals surface area (Å²) in [6, 6.07) is 0. The predicted molar refractivity (Wildman–Crippen MR) is 169 cm³/mol. The lowest BCUT2D eigenvalue weighted by Crippen LogP contribution is -2.23. The van der Waals surface area contributed by atoms with E-state index in [4.69, 9.17) is 0 Å². The van der Waals surface area contributed by atoms with Crippen molar-refractivity contribution in [2.75, 3.05) is 6.61 Å². The van der Waals surface area contributed by atoms with Gasteiger partial charge in [0, 0.05) is 65.5 Å². The Hall–Kier alpha value is -0.990. The van der Waals surface area contributed by atoms with Crippen molar-refractivity contribution in [2.45, 2.75) is 126 Å². The van der Waals surface area contributed by atoms with Gasteiger partial charge in [0.05, 0.1) is 5.41 Å². The van der Waals surface area contributed by atoms with Crippen molar-refractivity contribution in [1.29, 1.82) is 0 Å². The Balaban J connectivity index is 1.93. The van der Waals surface area contributed by atoms with Gasteiger partial charge in [0.25, 0.3) is 0 Å². The average Bonchev–Trinajstić information content (AvgIpc) is 2.84. The summed E-state index contributed by atoms with van der Waals surface area (Å²) in [6.07, 6.45) is 17.5. The highest BCUT2D eigenvalue weighted by Gasteiger charge is 2.34. The third-order valence-corrected chi connectivity index (χ3v) is 11.1. The van der Waals surface area contributed by atoms with Gasteiger partial charge in [-0.15, -0.1) is 0 Å². The normalized spacial score (nSPS) is 22.8.